The molecule has 7 nitrogen and oxygen atoms in total. The lowest BCUT2D eigenvalue weighted by Crippen LogP contribution is -2.42. The minimum atomic E-state index is -0.636. The van der Waals surface area contributed by atoms with Crippen molar-refractivity contribution in [2.24, 2.45) is 0 Å². The zero-order valence-corrected chi connectivity index (χ0v) is 11.9. The maximum Gasteiger partial charge on any atom is 0.320 e. The predicted octanol–water partition coefficient (Wildman–Crippen LogP) is 1.77. The van der Waals surface area contributed by atoms with E-state index in [1.165, 1.54) is 12.1 Å². The number of carbonyl (C=O) groups is 3. The molecule has 0 saturated heterocycles. The number of fused-ring (bicyclic) bond motifs is 1. The molecule has 0 unspecified atom stereocenters. The molecule has 0 saturated carbocycles. The highest BCUT2D eigenvalue weighted by Gasteiger charge is 2.35. The molecule has 3 rings (SSSR count). The van der Waals surface area contributed by atoms with Crippen molar-refractivity contribution in [3.8, 4) is 5.75 Å². The zero-order chi connectivity index (χ0) is 16.4. The highest BCUT2D eigenvalue weighted by Crippen LogP contribution is 2.22. The Morgan fingerprint density at radius 1 is 0.957 bits per heavy atom. The van der Waals surface area contributed by atoms with Crippen molar-refractivity contribution < 1.29 is 19.5 Å². The van der Waals surface area contributed by atoms with Gasteiger partial charge in [0.1, 0.15) is 12.4 Å². The van der Waals surface area contributed by atoms with Gasteiger partial charge in [0.2, 0.25) is 0 Å². The number of hydrogen-bond acceptors (Lipinski definition) is 4. The largest absolute Gasteiger partial charge is 0.506 e. The Morgan fingerprint density at radius 3 is 2.13 bits per heavy atom. The molecule has 0 fully saturated rings. The van der Waals surface area contributed by atoms with Crippen LogP contribution in [0.25, 0.3) is 0 Å². The van der Waals surface area contributed by atoms with Crippen LogP contribution < -0.4 is 10.6 Å². The highest BCUT2D eigenvalue weighted by molar-refractivity contribution is 6.21. The number of nitrogens with one attached hydrogen (secondary N) is 2. The molecule has 0 atom stereocenters. The van der Waals surface area contributed by atoms with Crippen LogP contribution in [-0.4, -0.2) is 34.5 Å². The van der Waals surface area contributed by atoms with Gasteiger partial charge < -0.3 is 15.7 Å². The van der Waals surface area contributed by atoms with Crippen molar-refractivity contribution in [3.05, 3.63) is 59.7 Å². The van der Waals surface area contributed by atoms with E-state index in [2.05, 4.69) is 10.6 Å². The van der Waals surface area contributed by atoms with Crippen LogP contribution in [0.4, 0.5) is 10.5 Å². The Balaban J connectivity index is 1.63. The Hall–Kier alpha value is -3.35. The molecule has 1 aliphatic rings. The van der Waals surface area contributed by atoms with E-state index in [0.717, 1.165) is 4.90 Å². The van der Waals surface area contributed by atoms with Crippen molar-refractivity contribution in [2.45, 2.75) is 0 Å². The van der Waals surface area contributed by atoms with E-state index in [4.69, 9.17) is 0 Å². The SMILES string of the molecule is O=C(NCN1C(=O)c2ccccc2C1=O)Nc1ccccc1O. The number of hydrogen-bond donors (Lipinski definition) is 3. The minimum absolute atomic E-state index is 0.0802. The molecule has 7 heteroatoms. The maximum absolute atomic E-state index is 12.1. The second-order valence-corrected chi connectivity index (χ2v) is 4.89. The van der Waals surface area contributed by atoms with Gasteiger partial charge in [-0.1, -0.05) is 24.3 Å². The maximum atomic E-state index is 12.1. The second-order valence-electron chi connectivity index (χ2n) is 4.89. The van der Waals surface area contributed by atoms with Crippen LogP contribution in [0.2, 0.25) is 0 Å². The molecule has 1 aliphatic heterocycles. The molecule has 0 radical (unpaired) electrons. The number of aromatic hydroxyl groups is 1. The van der Waals surface area contributed by atoms with Gasteiger partial charge in [0, 0.05) is 0 Å². The van der Waals surface area contributed by atoms with E-state index >= 15 is 0 Å². The van der Waals surface area contributed by atoms with Gasteiger partial charge in [-0.05, 0) is 24.3 Å². The van der Waals surface area contributed by atoms with Crippen LogP contribution in [0.1, 0.15) is 20.7 Å². The van der Waals surface area contributed by atoms with Gasteiger partial charge in [0.25, 0.3) is 11.8 Å². The average molecular weight is 311 g/mol. The fourth-order valence-electron chi connectivity index (χ4n) is 2.28. The molecule has 0 aliphatic carbocycles. The molecule has 3 N–H and O–H groups in total. The van der Waals surface area contributed by atoms with Crippen molar-refractivity contribution in [1.82, 2.24) is 10.2 Å². The summed E-state index contributed by atoms with van der Waals surface area (Å²) in [6.45, 7) is -0.258. The van der Waals surface area contributed by atoms with Crippen LogP contribution in [0.15, 0.2) is 48.5 Å². The zero-order valence-electron chi connectivity index (χ0n) is 11.9. The third-order valence-electron chi connectivity index (χ3n) is 3.43. The third-order valence-corrected chi connectivity index (χ3v) is 3.43. The third kappa shape index (κ3) is 2.71. The molecule has 0 spiro atoms. The normalized spacial score (nSPS) is 13.0. The molecule has 0 aromatic heterocycles. The lowest BCUT2D eigenvalue weighted by Gasteiger charge is -2.15. The summed E-state index contributed by atoms with van der Waals surface area (Å²) in [5.41, 5.74) is 0.869. The van der Waals surface area contributed by atoms with Gasteiger partial charge in [-0.2, -0.15) is 0 Å². The van der Waals surface area contributed by atoms with Crippen LogP contribution in [0.3, 0.4) is 0 Å². The van der Waals surface area contributed by atoms with E-state index in [9.17, 15) is 19.5 Å². The number of anilines is 1. The van der Waals surface area contributed by atoms with Crippen molar-refractivity contribution in [1.29, 1.82) is 0 Å². The number of imide groups is 1. The molecular formula is C16H13N3O4. The first-order valence-corrected chi connectivity index (χ1v) is 6.86. The molecule has 2 aromatic rings. The summed E-state index contributed by atoms with van der Waals surface area (Å²) in [5, 5.41) is 14.4. The number of phenolic OH excluding ortho intramolecular Hbond substituents is 1. The van der Waals surface area contributed by atoms with Crippen LogP contribution >= 0.6 is 0 Å². The molecule has 23 heavy (non-hydrogen) atoms. The first kappa shape index (κ1) is 14.6. The summed E-state index contributed by atoms with van der Waals surface area (Å²) >= 11 is 0. The van der Waals surface area contributed by atoms with Crippen LogP contribution in [-0.2, 0) is 0 Å². The van der Waals surface area contributed by atoms with Gasteiger partial charge in [-0.3, -0.25) is 14.5 Å². The lowest BCUT2D eigenvalue weighted by atomic mass is 10.1. The number of nitrogens with zero attached hydrogens (tertiary/aromatic N) is 1. The van der Waals surface area contributed by atoms with Gasteiger partial charge in [-0.15, -0.1) is 0 Å². The van der Waals surface area contributed by atoms with Crippen molar-refractivity contribution in [3.63, 3.8) is 0 Å². The number of carbonyl (C=O) groups excluding carboxylic acids is 3. The number of amides is 4. The molecule has 2 aromatic carbocycles. The Kier molecular flexibility index (Phi) is 3.68. The average Bonchev–Trinajstić information content (AvgIpc) is 2.80. The monoisotopic (exact) mass is 311 g/mol. The highest BCUT2D eigenvalue weighted by atomic mass is 16.3. The van der Waals surface area contributed by atoms with Gasteiger partial charge in [0.15, 0.2) is 0 Å². The number of benzene rings is 2. The first-order valence-electron chi connectivity index (χ1n) is 6.86. The van der Waals surface area contributed by atoms with Crippen LogP contribution in [0.5, 0.6) is 5.75 Å². The van der Waals surface area contributed by atoms with E-state index < -0.39 is 17.8 Å². The fraction of sp³-hybridized carbons (Fsp3) is 0.0625. The number of para-hydroxylation sites is 2. The fourth-order valence-corrected chi connectivity index (χ4v) is 2.28. The molecule has 1 heterocycles. The summed E-state index contributed by atoms with van der Waals surface area (Å²) in [7, 11) is 0. The summed E-state index contributed by atoms with van der Waals surface area (Å²) in [6, 6.07) is 12.1. The first-order chi connectivity index (χ1) is 11.1. The molecule has 116 valence electrons. The Bertz CT molecular complexity index is 768. The predicted molar refractivity (Wildman–Crippen MR) is 82.1 cm³/mol. The summed E-state index contributed by atoms with van der Waals surface area (Å²) < 4.78 is 0. The van der Waals surface area contributed by atoms with E-state index in [0.29, 0.717) is 11.1 Å². The topological polar surface area (TPSA) is 98.7 Å². The van der Waals surface area contributed by atoms with E-state index in [1.807, 2.05) is 0 Å². The minimum Gasteiger partial charge on any atom is -0.506 e. The molecular weight excluding hydrogens is 298 g/mol. The standard InChI is InChI=1S/C16H13N3O4/c20-13-8-4-3-7-12(13)18-16(23)17-9-19-14(21)10-5-1-2-6-11(10)15(19)22/h1-8,20H,9H2,(H2,17,18,23). The quantitative estimate of drug-likeness (QED) is 0.594. The van der Waals surface area contributed by atoms with Gasteiger partial charge in [-0.25, -0.2) is 4.79 Å². The van der Waals surface area contributed by atoms with Crippen molar-refractivity contribution >= 4 is 23.5 Å². The Morgan fingerprint density at radius 2 is 1.52 bits per heavy atom. The second kappa shape index (κ2) is 5.80. The number of urea groups is 1. The van der Waals surface area contributed by atoms with Gasteiger partial charge >= 0.3 is 6.03 Å². The lowest BCUT2D eigenvalue weighted by molar-refractivity contribution is 0.0648. The van der Waals surface area contributed by atoms with E-state index in [1.54, 1.807) is 36.4 Å². The number of rotatable bonds is 3. The molecule has 0 bridgehead atoms. The summed E-state index contributed by atoms with van der Waals surface area (Å²) in [4.78, 5) is 37.0. The summed E-state index contributed by atoms with van der Waals surface area (Å²) in [6.07, 6.45) is 0. The van der Waals surface area contributed by atoms with Crippen molar-refractivity contribution in [2.75, 3.05) is 12.0 Å². The van der Waals surface area contributed by atoms with Crippen LogP contribution in [0, 0.1) is 0 Å². The van der Waals surface area contributed by atoms with E-state index in [-0.39, 0.29) is 18.1 Å². The summed E-state index contributed by atoms with van der Waals surface area (Å²) in [5.74, 6) is -0.981. The smallest absolute Gasteiger partial charge is 0.320 e. The number of phenols is 1. The molecule has 4 amide bonds. The van der Waals surface area contributed by atoms with Gasteiger partial charge in [0.05, 0.1) is 16.8 Å². The Labute approximate surface area is 131 Å².